The van der Waals surface area contributed by atoms with Crippen LogP contribution in [0.25, 0.3) is 11.0 Å². The predicted molar refractivity (Wildman–Crippen MR) is 85.0 cm³/mol. The number of benzene rings is 1. The fourth-order valence-electron chi connectivity index (χ4n) is 2.18. The maximum atomic E-state index is 13.8. The van der Waals surface area contributed by atoms with Crippen molar-refractivity contribution in [2.24, 2.45) is 0 Å². The average molecular weight is 377 g/mol. The van der Waals surface area contributed by atoms with Crippen LogP contribution in [0, 0.1) is 5.82 Å². The molecule has 0 aliphatic heterocycles. The van der Waals surface area contributed by atoms with Gasteiger partial charge in [0.25, 0.3) is 0 Å². The number of nitrogens with zero attached hydrogens (tertiary/aromatic N) is 2. The minimum atomic E-state index is -0.365. The van der Waals surface area contributed by atoms with Gasteiger partial charge >= 0.3 is 0 Å². The maximum absolute atomic E-state index is 13.8. The Kier molecular flexibility index (Phi) is 5.22. The van der Waals surface area contributed by atoms with Crippen LogP contribution in [0.15, 0.2) is 16.6 Å². The highest BCUT2D eigenvalue weighted by Crippen LogP contribution is 2.28. The SMILES string of the molecule is CCNC(=O)CCn1c(C(C)Cl)nc2cc(Br)c(F)cc21. The fraction of sp³-hybridized carbons (Fsp3) is 0.429. The monoisotopic (exact) mass is 375 g/mol. The highest BCUT2D eigenvalue weighted by molar-refractivity contribution is 9.10. The molecule has 0 fully saturated rings. The molecule has 0 saturated heterocycles. The Morgan fingerprint density at radius 2 is 2.29 bits per heavy atom. The number of hydrogen-bond acceptors (Lipinski definition) is 2. The Labute approximate surface area is 135 Å². The van der Waals surface area contributed by atoms with Crippen molar-refractivity contribution in [3.05, 3.63) is 28.2 Å². The van der Waals surface area contributed by atoms with Crippen LogP contribution in [0.2, 0.25) is 0 Å². The summed E-state index contributed by atoms with van der Waals surface area (Å²) < 4.78 is 15.9. The lowest BCUT2D eigenvalue weighted by Crippen LogP contribution is -2.24. The zero-order valence-electron chi connectivity index (χ0n) is 11.8. The molecule has 0 saturated carbocycles. The summed E-state index contributed by atoms with van der Waals surface area (Å²) in [5.74, 6) is 0.217. The smallest absolute Gasteiger partial charge is 0.221 e. The second-order valence-electron chi connectivity index (χ2n) is 4.70. The molecule has 1 heterocycles. The molecule has 7 heteroatoms. The van der Waals surface area contributed by atoms with E-state index in [9.17, 15) is 9.18 Å². The largest absolute Gasteiger partial charge is 0.356 e. The number of alkyl halides is 1. The van der Waals surface area contributed by atoms with E-state index in [1.807, 2.05) is 6.92 Å². The summed E-state index contributed by atoms with van der Waals surface area (Å²) in [7, 11) is 0. The molecule has 0 spiro atoms. The Bertz CT molecular complexity index is 672. The van der Waals surface area contributed by atoms with Gasteiger partial charge in [-0.25, -0.2) is 9.37 Å². The van der Waals surface area contributed by atoms with Gasteiger partial charge in [-0.3, -0.25) is 4.79 Å². The van der Waals surface area contributed by atoms with E-state index in [1.54, 1.807) is 17.6 Å². The van der Waals surface area contributed by atoms with E-state index in [2.05, 4.69) is 26.2 Å². The summed E-state index contributed by atoms with van der Waals surface area (Å²) in [6.07, 6.45) is 0.299. The molecule has 21 heavy (non-hydrogen) atoms. The van der Waals surface area contributed by atoms with Gasteiger partial charge in [-0.2, -0.15) is 0 Å². The van der Waals surface area contributed by atoms with Crippen molar-refractivity contribution in [2.75, 3.05) is 6.54 Å². The molecule has 1 aromatic carbocycles. The standard InChI is InChI=1S/C14H16BrClFN3O/c1-3-18-13(21)4-5-20-12-7-10(17)9(15)6-11(12)19-14(20)8(2)16/h6-8H,3-5H2,1-2H3,(H,18,21). The highest BCUT2D eigenvalue weighted by Gasteiger charge is 2.17. The number of hydrogen-bond donors (Lipinski definition) is 1. The number of fused-ring (bicyclic) bond motifs is 1. The Balaban J connectivity index is 2.41. The molecular weight excluding hydrogens is 361 g/mol. The minimum Gasteiger partial charge on any atom is -0.356 e. The number of carbonyl (C=O) groups is 1. The van der Waals surface area contributed by atoms with Crippen LogP contribution in [0.4, 0.5) is 4.39 Å². The highest BCUT2D eigenvalue weighted by atomic mass is 79.9. The second kappa shape index (κ2) is 6.75. The number of nitrogens with one attached hydrogen (secondary N) is 1. The van der Waals surface area contributed by atoms with Crippen LogP contribution in [0.5, 0.6) is 0 Å². The van der Waals surface area contributed by atoms with Gasteiger partial charge in [-0.15, -0.1) is 11.6 Å². The Morgan fingerprint density at radius 1 is 1.57 bits per heavy atom. The zero-order chi connectivity index (χ0) is 15.6. The summed E-state index contributed by atoms with van der Waals surface area (Å²) in [4.78, 5) is 16.1. The number of amides is 1. The van der Waals surface area contributed by atoms with E-state index in [0.717, 1.165) is 0 Å². The summed E-state index contributed by atoms with van der Waals surface area (Å²) in [5.41, 5.74) is 1.30. The molecule has 2 aromatic rings. The van der Waals surface area contributed by atoms with Crippen LogP contribution < -0.4 is 5.32 Å². The third-order valence-electron chi connectivity index (χ3n) is 3.11. The van der Waals surface area contributed by atoms with Gasteiger partial charge < -0.3 is 9.88 Å². The minimum absolute atomic E-state index is 0.0508. The van der Waals surface area contributed by atoms with Crippen LogP contribution in [0.3, 0.4) is 0 Å². The molecule has 4 nitrogen and oxygen atoms in total. The van der Waals surface area contributed by atoms with Crippen molar-refractivity contribution in [1.82, 2.24) is 14.9 Å². The average Bonchev–Trinajstić information content (AvgIpc) is 2.75. The summed E-state index contributed by atoms with van der Waals surface area (Å²) >= 11 is 9.30. The molecule has 0 aliphatic carbocycles. The van der Waals surface area contributed by atoms with Crippen LogP contribution in [-0.4, -0.2) is 22.0 Å². The topological polar surface area (TPSA) is 46.9 Å². The number of halogens is 3. The Morgan fingerprint density at radius 3 is 2.90 bits per heavy atom. The molecule has 0 radical (unpaired) electrons. The van der Waals surface area contributed by atoms with Crippen molar-refractivity contribution in [3.8, 4) is 0 Å². The summed E-state index contributed by atoms with van der Waals surface area (Å²) in [5, 5.41) is 2.41. The number of rotatable bonds is 5. The lowest BCUT2D eigenvalue weighted by Gasteiger charge is -2.10. The molecular formula is C14H16BrClFN3O. The lowest BCUT2D eigenvalue weighted by molar-refractivity contribution is -0.121. The summed E-state index contributed by atoms with van der Waals surface area (Å²) in [6.45, 7) is 4.67. The van der Waals surface area contributed by atoms with Gasteiger partial charge in [-0.05, 0) is 35.8 Å². The second-order valence-corrected chi connectivity index (χ2v) is 6.21. The molecule has 114 valence electrons. The van der Waals surface area contributed by atoms with E-state index in [1.165, 1.54) is 6.07 Å². The van der Waals surface area contributed by atoms with E-state index in [-0.39, 0.29) is 17.1 Å². The lowest BCUT2D eigenvalue weighted by atomic mass is 10.3. The first-order valence-electron chi connectivity index (χ1n) is 6.70. The first kappa shape index (κ1) is 16.2. The third-order valence-corrected chi connectivity index (χ3v) is 3.91. The van der Waals surface area contributed by atoms with Gasteiger partial charge in [0.2, 0.25) is 5.91 Å². The third kappa shape index (κ3) is 3.55. The van der Waals surface area contributed by atoms with Crippen molar-refractivity contribution >= 4 is 44.5 Å². The molecule has 1 aromatic heterocycles. The first-order chi connectivity index (χ1) is 9.93. The van der Waals surface area contributed by atoms with Crippen LogP contribution in [0.1, 0.15) is 31.5 Å². The van der Waals surface area contributed by atoms with Gasteiger partial charge in [0.05, 0.1) is 20.9 Å². The number of carbonyl (C=O) groups excluding carboxylic acids is 1. The van der Waals surface area contributed by atoms with Crippen LogP contribution >= 0.6 is 27.5 Å². The van der Waals surface area contributed by atoms with Crippen molar-refractivity contribution in [2.45, 2.75) is 32.2 Å². The van der Waals surface area contributed by atoms with Crippen LogP contribution in [-0.2, 0) is 11.3 Å². The van der Waals surface area contributed by atoms with Crippen molar-refractivity contribution in [1.29, 1.82) is 0 Å². The molecule has 1 amide bonds. The molecule has 1 N–H and O–H groups in total. The predicted octanol–water partition coefficient (Wildman–Crippen LogP) is 3.76. The van der Waals surface area contributed by atoms with E-state index in [0.29, 0.717) is 40.8 Å². The molecule has 0 bridgehead atoms. The quantitative estimate of drug-likeness (QED) is 0.808. The number of aromatic nitrogens is 2. The van der Waals surface area contributed by atoms with E-state index >= 15 is 0 Å². The summed E-state index contributed by atoms with van der Waals surface area (Å²) in [6, 6.07) is 3.03. The molecule has 1 unspecified atom stereocenters. The van der Waals surface area contributed by atoms with Gasteiger partial charge in [-0.1, -0.05) is 0 Å². The first-order valence-corrected chi connectivity index (χ1v) is 7.93. The van der Waals surface area contributed by atoms with Gasteiger partial charge in [0.1, 0.15) is 11.6 Å². The molecule has 2 rings (SSSR count). The van der Waals surface area contributed by atoms with Crippen molar-refractivity contribution < 1.29 is 9.18 Å². The van der Waals surface area contributed by atoms with E-state index < -0.39 is 0 Å². The molecule has 0 aliphatic rings. The van der Waals surface area contributed by atoms with Gasteiger partial charge in [0.15, 0.2) is 0 Å². The van der Waals surface area contributed by atoms with Crippen molar-refractivity contribution in [3.63, 3.8) is 0 Å². The molecule has 1 atom stereocenters. The fourth-order valence-corrected chi connectivity index (χ4v) is 2.67. The number of imidazole rings is 1. The maximum Gasteiger partial charge on any atom is 0.221 e. The van der Waals surface area contributed by atoms with E-state index in [4.69, 9.17) is 11.6 Å². The number of aryl methyl sites for hydroxylation is 1. The zero-order valence-corrected chi connectivity index (χ0v) is 14.1. The Hall–Kier alpha value is -1.14. The van der Waals surface area contributed by atoms with Gasteiger partial charge in [0, 0.05) is 25.6 Å². The normalized spacial score (nSPS) is 12.6.